The third kappa shape index (κ3) is 4.11. The molecule has 134 valence electrons. The number of benzene rings is 2. The van der Waals surface area contributed by atoms with Crippen molar-refractivity contribution < 1.29 is 14.3 Å². The molecule has 0 radical (unpaired) electrons. The van der Waals surface area contributed by atoms with Gasteiger partial charge >= 0.3 is 5.97 Å². The Hall–Kier alpha value is -2.24. The van der Waals surface area contributed by atoms with Crippen LogP contribution in [0.1, 0.15) is 28.0 Å². The van der Waals surface area contributed by atoms with Crippen LogP contribution in [0, 0.1) is 0 Å². The van der Waals surface area contributed by atoms with Gasteiger partial charge in [0, 0.05) is 27.9 Å². The average molecular weight is 388 g/mol. The minimum Gasteiger partial charge on any atom is -0.465 e. The van der Waals surface area contributed by atoms with Crippen molar-refractivity contribution in [2.45, 2.75) is 17.7 Å². The first kappa shape index (κ1) is 18.5. The van der Waals surface area contributed by atoms with Crippen LogP contribution in [-0.2, 0) is 4.74 Å². The van der Waals surface area contributed by atoms with Crippen LogP contribution in [-0.4, -0.2) is 29.3 Å². The number of para-hydroxylation sites is 1. The molecule has 2 aromatic carbocycles. The number of ether oxygens (including phenoxy) is 1. The van der Waals surface area contributed by atoms with Crippen LogP contribution in [0.4, 0.5) is 0 Å². The van der Waals surface area contributed by atoms with E-state index in [0.29, 0.717) is 17.0 Å². The molecule has 4 nitrogen and oxygen atoms in total. The molecule has 6 heteroatoms. The number of methoxy groups -OCH3 is 1. The van der Waals surface area contributed by atoms with Crippen LogP contribution < -0.4 is 0 Å². The van der Waals surface area contributed by atoms with Crippen LogP contribution in [0.5, 0.6) is 0 Å². The summed E-state index contributed by atoms with van der Waals surface area (Å²) in [7, 11) is 1.34. The molecule has 0 aliphatic heterocycles. The third-order valence-corrected chi connectivity index (χ3v) is 5.35. The summed E-state index contributed by atoms with van der Waals surface area (Å²) in [6.07, 6.45) is 2.72. The summed E-state index contributed by atoms with van der Waals surface area (Å²) in [6.45, 7) is 0. The fourth-order valence-corrected chi connectivity index (χ4v) is 3.70. The van der Waals surface area contributed by atoms with Gasteiger partial charge < -0.3 is 4.74 Å². The van der Waals surface area contributed by atoms with Gasteiger partial charge in [0.05, 0.1) is 18.2 Å². The van der Waals surface area contributed by atoms with Crippen molar-refractivity contribution in [2.75, 3.05) is 12.9 Å². The van der Waals surface area contributed by atoms with Crippen LogP contribution in [0.25, 0.3) is 10.9 Å². The number of hydrogen-bond acceptors (Lipinski definition) is 4. The largest absolute Gasteiger partial charge is 0.465 e. The van der Waals surface area contributed by atoms with Crippen molar-refractivity contribution in [3.8, 4) is 0 Å². The quantitative estimate of drug-likeness (QED) is 0.327. The molecule has 0 N–H and O–H groups in total. The second-order valence-electron chi connectivity index (χ2n) is 5.72. The van der Waals surface area contributed by atoms with E-state index in [9.17, 15) is 9.59 Å². The molecule has 0 fully saturated rings. The number of aromatic nitrogens is 1. The van der Waals surface area contributed by atoms with E-state index in [0.717, 1.165) is 28.0 Å². The number of hydrogen-bond donors (Lipinski definition) is 0. The maximum atomic E-state index is 12.6. The highest BCUT2D eigenvalue weighted by Crippen LogP contribution is 2.24. The molecule has 0 bridgehead atoms. The van der Waals surface area contributed by atoms with E-state index < -0.39 is 5.97 Å². The molecule has 0 unspecified atom stereocenters. The molecule has 0 spiro atoms. The Morgan fingerprint density at radius 1 is 1.12 bits per heavy atom. The monoisotopic (exact) mass is 387 g/mol. The number of esters is 1. The summed E-state index contributed by atoms with van der Waals surface area (Å²) in [4.78, 5) is 25.7. The van der Waals surface area contributed by atoms with E-state index in [-0.39, 0.29) is 5.91 Å². The van der Waals surface area contributed by atoms with Gasteiger partial charge in [0.1, 0.15) is 0 Å². The molecule has 3 aromatic rings. The van der Waals surface area contributed by atoms with Gasteiger partial charge in [-0.2, -0.15) is 0 Å². The van der Waals surface area contributed by atoms with Crippen molar-refractivity contribution in [3.63, 3.8) is 0 Å². The maximum absolute atomic E-state index is 12.6. The minimum absolute atomic E-state index is 0.0342. The Bertz CT molecular complexity index is 934. The lowest BCUT2D eigenvalue weighted by Crippen LogP contribution is -2.09. The zero-order chi connectivity index (χ0) is 18.5. The second kappa shape index (κ2) is 8.43. The third-order valence-electron chi connectivity index (χ3n) is 4.00. The molecule has 0 atom stereocenters. The van der Waals surface area contributed by atoms with Crippen LogP contribution in [0.15, 0.2) is 59.6 Å². The van der Waals surface area contributed by atoms with Crippen molar-refractivity contribution in [1.82, 2.24) is 4.57 Å². The Morgan fingerprint density at radius 3 is 2.58 bits per heavy atom. The van der Waals surface area contributed by atoms with Gasteiger partial charge in [-0.05, 0) is 42.5 Å². The first-order valence-corrected chi connectivity index (χ1v) is 9.56. The maximum Gasteiger partial charge on any atom is 0.340 e. The van der Waals surface area contributed by atoms with E-state index in [1.165, 1.54) is 7.11 Å². The lowest BCUT2D eigenvalue weighted by atomic mass is 10.2. The highest BCUT2D eigenvalue weighted by atomic mass is 35.5. The van der Waals surface area contributed by atoms with Gasteiger partial charge in [0.25, 0.3) is 0 Å². The predicted octanol–water partition coefficient (Wildman–Crippen LogP) is 5.29. The molecule has 1 aromatic heterocycles. The van der Waals surface area contributed by atoms with Gasteiger partial charge in [-0.1, -0.05) is 29.8 Å². The number of thioether (sulfide) groups is 1. The van der Waals surface area contributed by atoms with Gasteiger partial charge in [-0.25, -0.2) is 4.79 Å². The van der Waals surface area contributed by atoms with Crippen molar-refractivity contribution >= 4 is 46.1 Å². The molecule has 0 aliphatic carbocycles. The summed E-state index contributed by atoms with van der Waals surface area (Å²) in [5, 5.41) is 1.44. The zero-order valence-corrected chi connectivity index (χ0v) is 15.8. The van der Waals surface area contributed by atoms with E-state index in [2.05, 4.69) is 0 Å². The number of nitrogens with zero attached hydrogens (tertiary/aromatic N) is 1. The number of fused-ring (bicyclic) bond motifs is 1. The summed E-state index contributed by atoms with van der Waals surface area (Å²) in [6, 6.07) is 15.0. The number of carbonyl (C=O) groups is 2. The van der Waals surface area contributed by atoms with Crippen molar-refractivity contribution in [2.24, 2.45) is 0 Å². The van der Waals surface area contributed by atoms with E-state index in [4.69, 9.17) is 16.3 Å². The van der Waals surface area contributed by atoms with Gasteiger partial charge in [-0.15, -0.1) is 11.8 Å². The van der Waals surface area contributed by atoms with Gasteiger partial charge in [0.2, 0.25) is 5.91 Å². The zero-order valence-electron chi connectivity index (χ0n) is 14.3. The van der Waals surface area contributed by atoms with Crippen LogP contribution in [0.2, 0.25) is 5.02 Å². The molecule has 0 saturated heterocycles. The molecule has 1 heterocycles. The van der Waals surface area contributed by atoms with Gasteiger partial charge in [0.15, 0.2) is 0 Å². The first-order valence-electron chi connectivity index (χ1n) is 8.20. The van der Waals surface area contributed by atoms with Crippen LogP contribution >= 0.6 is 23.4 Å². The van der Waals surface area contributed by atoms with Crippen molar-refractivity contribution in [3.05, 3.63) is 65.3 Å². The fraction of sp³-hybridized carbons (Fsp3) is 0.200. The molecule has 3 rings (SSSR count). The van der Waals surface area contributed by atoms with E-state index >= 15 is 0 Å². The molecular formula is C20H18ClNO3S. The Labute approximate surface area is 161 Å². The standard InChI is InChI=1S/C20H18ClNO3S/c1-25-20(24)17-13-22(18-6-3-2-5-16(17)18)19(23)7-4-12-26-15-10-8-14(21)9-11-15/h2-3,5-6,8-11,13H,4,7,12H2,1H3. The first-order chi connectivity index (χ1) is 12.6. The predicted molar refractivity (Wildman–Crippen MR) is 105 cm³/mol. The highest BCUT2D eigenvalue weighted by molar-refractivity contribution is 7.99. The normalized spacial score (nSPS) is 10.8. The van der Waals surface area contributed by atoms with E-state index in [1.807, 2.05) is 48.5 Å². The fourth-order valence-electron chi connectivity index (χ4n) is 2.72. The molecule has 26 heavy (non-hydrogen) atoms. The SMILES string of the molecule is COC(=O)c1cn(C(=O)CCCSc2ccc(Cl)cc2)c2ccccc12. The number of halogens is 1. The lowest BCUT2D eigenvalue weighted by molar-refractivity contribution is 0.0603. The number of rotatable bonds is 6. The summed E-state index contributed by atoms with van der Waals surface area (Å²) in [5.41, 5.74) is 1.13. The highest BCUT2D eigenvalue weighted by Gasteiger charge is 2.18. The topological polar surface area (TPSA) is 48.3 Å². The summed E-state index contributed by atoms with van der Waals surface area (Å²) < 4.78 is 6.37. The Kier molecular flexibility index (Phi) is 6.01. The summed E-state index contributed by atoms with van der Waals surface area (Å²) in [5.74, 6) is 0.357. The van der Waals surface area contributed by atoms with Gasteiger partial charge in [-0.3, -0.25) is 9.36 Å². The summed E-state index contributed by atoms with van der Waals surface area (Å²) >= 11 is 7.56. The minimum atomic E-state index is -0.439. The molecule has 0 aliphatic rings. The molecule has 0 amide bonds. The Balaban J connectivity index is 1.66. The van der Waals surface area contributed by atoms with Crippen molar-refractivity contribution in [1.29, 1.82) is 0 Å². The smallest absolute Gasteiger partial charge is 0.340 e. The Morgan fingerprint density at radius 2 is 1.85 bits per heavy atom. The number of carbonyl (C=O) groups excluding carboxylic acids is 2. The second-order valence-corrected chi connectivity index (χ2v) is 7.33. The lowest BCUT2D eigenvalue weighted by Gasteiger charge is -2.04. The molecule has 0 saturated carbocycles. The van der Waals surface area contributed by atoms with E-state index in [1.54, 1.807) is 22.5 Å². The van der Waals surface area contributed by atoms with Crippen LogP contribution in [0.3, 0.4) is 0 Å². The molecular weight excluding hydrogens is 370 g/mol. The average Bonchev–Trinajstić information content (AvgIpc) is 3.06.